The molecule has 0 atom stereocenters. The zero-order chi connectivity index (χ0) is 24.2. The maximum absolute atomic E-state index is 13.7. The third-order valence-electron chi connectivity index (χ3n) is 4.70. The van der Waals surface area contributed by atoms with Gasteiger partial charge in [0.2, 0.25) is 0 Å². The number of aromatic nitrogens is 2. The zero-order valence-corrected chi connectivity index (χ0v) is 17.6. The highest BCUT2D eigenvalue weighted by molar-refractivity contribution is 5.95. The van der Waals surface area contributed by atoms with Crippen LogP contribution < -0.4 is 14.8 Å². The molecule has 0 bridgehead atoms. The molecule has 0 unspecified atom stereocenters. The van der Waals surface area contributed by atoms with E-state index >= 15 is 0 Å². The molecular formula is C22H20F5N3O3. The van der Waals surface area contributed by atoms with Gasteiger partial charge in [0.15, 0.2) is 17.2 Å². The van der Waals surface area contributed by atoms with Crippen LogP contribution in [0.5, 0.6) is 11.5 Å². The van der Waals surface area contributed by atoms with Crippen molar-refractivity contribution in [1.29, 1.82) is 0 Å². The van der Waals surface area contributed by atoms with E-state index in [4.69, 9.17) is 4.74 Å². The number of hydrogen-bond donors (Lipinski definition) is 1. The van der Waals surface area contributed by atoms with E-state index < -0.39 is 30.0 Å². The summed E-state index contributed by atoms with van der Waals surface area (Å²) < 4.78 is 76.1. The highest BCUT2D eigenvalue weighted by Gasteiger charge is 2.40. The molecule has 0 saturated carbocycles. The molecule has 0 aliphatic heterocycles. The summed E-state index contributed by atoms with van der Waals surface area (Å²) >= 11 is 0. The Kier molecular flexibility index (Phi) is 7.19. The lowest BCUT2D eigenvalue weighted by Crippen LogP contribution is -2.28. The minimum absolute atomic E-state index is 0.00987. The number of rotatable bonds is 8. The lowest BCUT2D eigenvalue weighted by molar-refractivity contribution is -0.143. The van der Waals surface area contributed by atoms with Gasteiger partial charge in [0, 0.05) is 6.54 Å². The molecule has 1 heterocycles. The Morgan fingerprint density at radius 3 is 2.42 bits per heavy atom. The average molecular weight is 469 g/mol. The van der Waals surface area contributed by atoms with Gasteiger partial charge in [-0.15, -0.1) is 0 Å². The third-order valence-corrected chi connectivity index (χ3v) is 4.70. The molecule has 6 nitrogen and oxygen atoms in total. The standard InChI is InChI=1S/C22H20F5N3O3/c1-13-3-6-15(7-4-13)30-19(22(25,26)27)16(12-29-30)20(31)28-10-9-14-5-8-17(33-21(23)24)18(11-14)32-2/h3-8,11-12,21H,9-10H2,1-2H3,(H,28,31). The number of halogens is 5. The van der Waals surface area contributed by atoms with E-state index in [1.807, 2.05) is 0 Å². The topological polar surface area (TPSA) is 65.4 Å². The molecule has 176 valence electrons. The molecule has 0 fully saturated rings. The van der Waals surface area contributed by atoms with Crippen LogP contribution in [0.1, 0.15) is 27.2 Å². The number of benzene rings is 2. The Bertz CT molecular complexity index is 1110. The first-order valence-electron chi connectivity index (χ1n) is 9.72. The normalized spacial score (nSPS) is 11.5. The molecule has 33 heavy (non-hydrogen) atoms. The number of alkyl halides is 5. The van der Waals surface area contributed by atoms with Gasteiger partial charge >= 0.3 is 12.8 Å². The minimum Gasteiger partial charge on any atom is -0.493 e. The third kappa shape index (κ3) is 5.79. The number of aryl methyl sites for hydroxylation is 1. The van der Waals surface area contributed by atoms with Gasteiger partial charge in [-0.1, -0.05) is 23.8 Å². The number of methoxy groups -OCH3 is 1. The maximum Gasteiger partial charge on any atom is 0.434 e. The smallest absolute Gasteiger partial charge is 0.434 e. The summed E-state index contributed by atoms with van der Waals surface area (Å²) in [6.45, 7) is -1.23. The van der Waals surface area contributed by atoms with Crippen molar-refractivity contribution in [2.24, 2.45) is 0 Å². The highest BCUT2D eigenvalue weighted by Crippen LogP contribution is 2.34. The fourth-order valence-electron chi connectivity index (χ4n) is 3.15. The number of hydrogen-bond acceptors (Lipinski definition) is 4. The van der Waals surface area contributed by atoms with Gasteiger partial charge in [-0.05, 0) is 43.2 Å². The monoisotopic (exact) mass is 469 g/mol. The number of carbonyl (C=O) groups excluding carboxylic acids is 1. The average Bonchev–Trinajstić information content (AvgIpc) is 3.21. The second-order valence-electron chi connectivity index (χ2n) is 7.02. The summed E-state index contributed by atoms with van der Waals surface area (Å²) in [5.41, 5.74) is -0.159. The van der Waals surface area contributed by atoms with Crippen LogP contribution in [0.2, 0.25) is 0 Å². The van der Waals surface area contributed by atoms with Crippen molar-refractivity contribution in [1.82, 2.24) is 15.1 Å². The molecule has 0 spiro atoms. The van der Waals surface area contributed by atoms with Crippen LogP contribution in [0.4, 0.5) is 22.0 Å². The molecule has 2 aromatic carbocycles. The number of ether oxygens (including phenoxy) is 2. The van der Waals surface area contributed by atoms with Crippen molar-refractivity contribution in [2.75, 3.05) is 13.7 Å². The fourth-order valence-corrected chi connectivity index (χ4v) is 3.15. The van der Waals surface area contributed by atoms with E-state index in [9.17, 15) is 26.7 Å². The Balaban J connectivity index is 1.74. The van der Waals surface area contributed by atoms with E-state index in [0.29, 0.717) is 10.2 Å². The quantitative estimate of drug-likeness (QED) is 0.483. The Morgan fingerprint density at radius 1 is 1.12 bits per heavy atom. The predicted molar refractivity (Wildman–Crippen MR) is 109 cm³/mol. The number of nitrogens with one attached hydrogen (secondary N) is 1. The molecule has 3 aromatic rings. The summed E-state index contributed by atoms with van der Waals surface area (Å²) in [5.74, 6) is -1.03. The molecule has 1 amide bonds. The molecule has 0 aliphatic carbocycles. The second kappa shape index (κ2) is 9.88. The number of carbonyl (C=O) groups is 1. The fraction of sp³-hybridized carbons (Fsp3) is 0.273. The molecule has 1 aromatic heterocycles. The van der Waals surface area contributed by atoms with E-state index in [1.165, 1.54) is 37.4 Å². The Labute approximate surface area is 185 Å². The van der Waals surface area contributed by atoms with Crippen LogP contribution in [-0.2, 0) is 12.6 Å². The van der Waals surface area contributed by atoms with E-state index in [0.717, 1.165) is 11.8 Å². The first-order chi connectivity index (χ1) is 15.6. The molecule has 3 rings (SSSR count). The van der Waals surface area contributed by atoms with Crippen molar-refractivity contribution in [2.45, 2.75) is 26.1 Å². The van der Waals surface area contributed by atoms with E-state index in [-0.39, 0.29) is 30.2 Å². The Hall–Kier alpha value is -3.63. The number of nitrogens with zero attached hydrogens (tertiary/aromatic N) is 2. The van der Waals surface area contributed by atoms with Crippen molar-refractivity contribution in [3.63, 3.8) is 0 Å². The largest absolute Gasteiger partial charge is 0.493 e. The van der Waals surface area contributed by atoms with Crippen LogP contribution in [-0.4, -0.2) is 36.0 Å². The summed E-state index contributed by atoms with van der Waals surface area (Å²) in [6.07, 6.45) is -3.73. The van der Waals surface area contributed by atoms with Crippen molar-refractivity contribution in [3.05, 3.63) is 71.0 Å². The van der Waals surface area contributed by atoms with Gasteiger partial charge in [-0.2, -0.15) is 27.1 Å². The molecule has 0 radical (unpaired) electrons. The first kappa shape index (κ1) is 24.0. The second-order valence-corrected chi connectivity index (χ2v) is 7.02. The van der Waals surface area contributed by atoms with Crippen LogP contribution in [0, 0.1) is 6.92 Å². The maximum atomic E-state index is 13.7. The van der Waals surface area contributed by atoms with Gasteiger partial charge in [0.25, 0.3) is 5.91 Å². The van der Waals surface area contributed by atoms with Gasteiger partial charge < -0.3 is 14.8 Å². The van der Waals surface area contributed by atoms with Crippen molar-refractivity contribution >= 4 is 5.91 Å². The van der Waals surface area contributed by atoms with Crippen LogP contribution in [0.25, 0.3) is 5.69 Å². The lowest BCUT2D eigenvalue weighted by atomic mass is 10.1. The summed E-state index contributed by atoms with van der Waals surface area (Å²) in [6, 6.07) is 10.5. The van der Waals surface area contributed by atoms with Crippen LogP contribution in [0.3, 0.4) is 0 Å². The van der Waals surface area contributed by atoms with E-state index in [2.05, 4.69) is 15.2 Å². The summed E-state index contributed by atoms with van der Waals surface area (Å²) in [5, 5.41) is 6.20. The van der Waals surface area contributed by atoms with Crippen molar-refractivity contribution < 1.29 is 36.2 Å². The van der Waals surface area contributed by atoms with Gasteiger partial charge in [-0.25, -0.2) is 4.68 Å². The van der Waals surface area contributed by atoms with Gasteiger partial charge in [0.1, 0.15) is 0 Å². The predicted octanol–water partition coefficient (Wildman–Crippen LogP) is 4.78. The van der Waals surface area contributed by atoms with Crippen LogP contribution in [0.15, 0.2) is 48.7 Å². The first-order valence-corrected chi connectivity index (χ1v) is 9.72. The molecule has 1 N–H and O–H groups in total. The highest BCUT2D eigenvalue weighted by atomic mass is 19.4. The van der Waals surface area contributed by atoms with Crippen LogP contribution >= 0.6 is 0 Å². The zero-order valence-electron chi connectivity index (χ0n) is 17.6. The summed E-state index contributed by atoms with van der Waals surface area (Å²) in [7, 11) is 1.28. The minimum atomic E-state index is -4.82. The van der Waals surface area contributed by atoms with Gasteiger partial charge in [-0.3, -0.25) is 4.79 Å². The van der Waals surface area contributed by atoms with Crippen molar-refractivity contribution in [3.8, 4) is 17.2 Å². The van der Waals surface area contributed by atoms with E-state index in [1.54, 1.807) is 19.1 Å². The lowest BCUT2D eigenvalue weighted by Gasteiger charge is -2.13. The molecule has 0 saturated heterocycles. The molecule has 11 heteroatoms. The number of amides is 1. The molecule has 0 aliphatic rings. The molecular weight excluding hydrogens is 449 g/mol. The Morgan fingerprint density at radius 2 is 1.82 bits per heavy atom. The summed E-state index contributed by atoms with van der Waals surface area (Å²) in [4.78, 5) is 12.5. The SMILES string of the molecule is COc1cc(CCNC(=O)c2cnn(-c3ccc(C)cc3)c2C(F)(F)F)ccc1OC(F)F. The van der Waals surface area contributed by atoms with Gasteiger partial charge in [0.05, 0.1) is 24.6 Å².